The van der Waals surface area contributed by atoms with Gasteiger partial charge in [-0.05, 0) is 61.9 Å². The number of nitrogens with zero attached hydrogens (tertiary/aromatic N) is 1. The number of likely N-dealkylation sites (tertiary alicyclic amines) is 1. The smallest absolute Gasteiger partial charge is 0.229 e. The van der Waals surface area contributed by atoms with Crippen LogP contribution in [0.3, 0.4) is 0 Å². The lowest BCUT2D eigenvalue weighted by Crippen LogP contribution is -2.46. The summed E-state index contributed by atoms with van der Waals surface area (Å²) in [6.45, 7) is 2.12. The Hall–Kier alpha value is -2.89. The van der Waals surface area contributed by atoms with Crippen molar-refractivity contribution in [2.75, 3.05) is 19.0 Å². The molecule has 0 spiro atoms. The van der Waals surface area contributed by atoms with Gasteiger partial charge in [-0.1, -0.05) is 18.2 Å². The predicted molar refractivity (Wildman–Crippen MR) is 113 cm³/mol. The SMILES string of the molecule is COc1cccc(NC(=O)[C@@H]2CC[C@H](c3ccc(F)c(C)c3)N(C(=O)C3CC3)C2)c1. The highest BCUT2D eigenvalue weighted by atomic mass is 19.1. The lowest BCUT2D eigenvalue weighted by molar-refractivity contribution is -0.139. The second-order valence-electron chi connectivity index (χ2n) is 8.28. The van der Waals surface area contributed by atoms with E-state index in [0.29, 0.717) is 36.4 Å². The van der Waals surface area contributed by atoms with Crippen LogP contribution in [-0.4, -0.2) is 30.4 Å². The van der Waals surface area contributed by atoms with Crippen molar-refractivity contribution in [3.8, 4) is 5.75 Å². The van der Waals surface area contributed by atoms with Gasteiger partial charge in [0.2, 0.25) is 11.8 Å². The van der Waals surface area contributed by atoms with E-state index in [-0.39, 0.29) is 35.5 Å². The van der Waals surface area contributed by atoms with Crippen LogP contribution in [-0.2, 0) is 9.59 Å². The molecule has 0 bridgehead atoms. The molecule has 1 heterocycles. The quantitative estimate of drug-likeness (QED) is 0.791. The maximum absolute atomic E-state index is 13.7. The van der Waals surface area contributed by atoms with E-state index in [1.54, 1.807) is 26.2 Å². The molecule has 1 aliphatic heterocycles. The lowest BCUT2D eigenvalue weighted by atomic mass is 9.87. The number of hydrogen-bond donors (Lipinski definition) is 1. The molecule has 0 radical (unpaired) electrons. The number of rotatable bonds is 5. The topological polar surface area (TPSA) is 58.6 Å². The Morgan fingerprint density at radius 3 is 2.53 bits per heavy atom. The molecular weight excluding hydrogens is 383 g/mol. The van der Waals surface area contributed by atoms with Crippen LogP contribution in [0.15, 0.2) is 42.5 Å². The Morgan fingerprint density at radius 2 is 1.83 bits per heavy atom. The third kappa shape index (κ3) is 4.32. The highest BCUT2D eigenvalue weighted by Crippen LogP contribution is 2.40. The minimum absolute atomic E-state index is 0.0641. The van der Waals surface area contributed by atoms with Gasteiger partial charge in [-0.3, -0.25) is 9.59 Å². The molecule has 5 nitrogen and oxygen atoms in total. The predicted octanol–water partition coefficient (Wildman–Crippen LogP) is 4.47. The van der Waals surface area contributed by atoms with Crippen LogP contribution in [0.25, 0.3) is 0 Å². The number of anilines is 1. The molecule has 2 aromatic rings. The molecular formula is C24H27FN2O3. The fraction of sp³-hybridized carbons (Fsp3) is 0.417. The van der Waals surface area contributed by atoms with Crippen LogP contribution < -0.4 is 10.1 Å². The molecule has 2 atom stereocenters. The summed E-state index contributed by atoms with van der Waals surface area (Å²) in [7, 11) is 1.58. The van der Waals surface area contributed by atoms with Gasteiger partial charge in [0.05, 0.1) is 19.1 Å². The Bertz CT molecular complexity index is 957. The number of nitrogens with one attached hydrogen (secondary N) is 1. The third-order valence-corrected chi connectivity index (χ3v) is 6.07. The second kappa shape index (κ2) is 8.46. The van der Waals surface area contributed by atoms with Crippen molar-refractivity contribution in [2.45, 2.75) is 38.6 Å². The van der Waals surface area contributed by atoms with Crippen molar-refractivity contribution >= 4 is 17.5 Å². The van der Waals surface area contributed by atoms with Crippen LogP contribution in [0.5, 0.6) is 5.75 Å². The van der Waals surface area contributed by atoms with Crippen LogP contribution in [0.4, 0.5) is 10.1 Å². The molecule has 2 fully saturated rings. The number of aryl methyl sites for hydroxylation is 1. The van der Waals surface area contributed by atoms with Crippen LogP contribution >= 0.6 is 0 Å². The Morgan fingerprint density at radius 1 is 1.07 bits per heavy atom. The van der Waals surface area contributed by atoms with Crippen molar-refractivity contribution in [1.82, 2.24) is 4.90 Å². The lowest BCUT2D eigenvalue weighted by Gasteiger charge is -2.40. The minimum Gasteiger partial charge on any atom is -0.497 e. The first-order valence-corrected chi connectivity index (χ1v) is 10.5. The van der Waals surface area contributed by atoms with Crippen molar-refractivity contribution in [3.63, 3.8) is 0 Å². The van der Waals surface area contributed by atoms with E-state index < -0.39 is 0 Å². The molecule has 1 aliphatic carbocycles. The Balaban J connectivity index is 1.51. The van der Waals surface area contributed by atoms with Crippen molar-refractivity contribution < 1.29 is 18.7 Å². The highest BCUT2D eigenvalue weighted by molar-refractivity contribution is 5.93. The molecule has 2 amide bonds. The van der Waals surface area contributed by atoms with E-state index >= 15 is 0 Å². The summed E-state index contributed by atoms with van der Waals surface area (Å²) >= 11 is 0. The van der Waals surface area contributed by atoms with Gasteiger partial charge in [0.1, 0.15) is 11.6 Å². The molecule has 1 N–H and O–H groups in total. The summed E-state index contributed by atoms with van der Waals surface area (Å²) in [4.78, 5) is 27.8. The van der Waals surface area contributed by atoms with E-state index in [4.69, 9.17) is 4.74 Å². The third-order valence-electron chi connectivity index (χ3n) is 6.07. The maximum atomic E-state index is 13.7. The van der Waals surface area contributed by atoms with Crippen LogP contribution in [0, 0.1) is 24.6 Å². The maximum Gasteiger partial charge on any atom is 0.229 e. The Labute approximate surface area is 176 Å². The second-order valence-corrected chi connectivity index (χ2v) is 8.28. The number of ether oxygens (including phenoxy) is 1. The van der Waals surface area contributed by atoms with Gasteiger partial charge in [-0.25, -0.2) is 4.39 Å². The highest BCUT2D eigenvalue weighted by Gasteiger charge is 2.41. The average Bonchev–Trinajstić information content (AvgIpc) is 3.60. The van der Waals surface area contributed by atoms with Crippen molar-refractivity contribution in [1.29, 1.82) is 0 Å². The molecule has 158 valence electrons. The van der Waals surface area contributed by atoms with Gasteiger partial charge in [-0.2, -0.15) is 0 Å². The molecule has 0 aromatic heterocycles. The summed E-state index contributed by atoms with van der Waals surface area (Å²) in [6, 6.07) is 12.2. The Kier molecular flexibility index (Phi) is 5.75. The molecule has 0 unspecified atom stereocenters. The number of piperidine rings is 1. The summed E-state index contributed by atoms with van der Waals surface area (Å²) in [6.07, 6.45) is 3.17. The van der Waals surface area contributed by atoms with Crippen LogP contribution in [0.1, 0.15) is 42.9 Å². The zero-order chi connectivity index (χ0) is 21.3. The largest absolute Gasteiger partial charge is 0.497 e. The molecule has 2 aliphatic rings. The van der Waals surface area contributed by atoms with E-state index in [2.05, 4.69) is 5.32 Å². The van der Waals surface area contributed by atoms with Crippen LogP contribution in [0.2, 0.25) is 0 Å². The minimum atomic E-state index is -0.281. The first kappa shape index (κ1) is 20.4. The summed E-state index contributed by atoms with van der Waals surface area (Å²) in [5.74, 6) is 0.233. The number of carbonyl (C=O) groups is 2. The molecule has 2 aromatic carbocycles. The molecule has 4 rings (SSSR count). The van der Waals surface area contributed by atoms with Gasteiger partial charge in [0, 0.05) is 24.2 Å². The van der Waals surface area contributed by atoms with E-state index in [0.717, 1.165) is 18.4 Å². The first-order valence-electron chi connectivity index (χ1n) is 10.5. The number of hydrogen-bond acceptors (Lipinski definition) is 3. The van der Waals surface area contributed by atoms with E-state index in [9.17, 15) is 14.0 Å². The van der Waals surface area contributed by atoms with E-state index in [1.807, 2.05) is 29.2 Å². The van der Waals surface area contributed by atoms with E-state index in [1.165, 1.54) is 6.07 Å². The number of benzene rings is 2. The number of methoxy groups -OCH3 is 1. The van der Waals surface area contributed by atoms with Gasteiger partial charge in [0.15, 0.2) is 0 Å². The molecule has 6 heteroatoms. The zero-order valence-corrected chi connectivity index (χ0v) is 17.4. The molecule has 1 saturated carbocycles. The van der Waals surface area contributed by atoms with Gasteiger partial charge in [-0.15, -0.1) is 0 Å². The average molecular weight is 410 g/mol. The van der Waals surface area contributed by atoms with Gasteiger partial charge in [0.25, 0.3) is 0 Å². The summed E-state index contributed by atoms with van der Waals surface area (Å²) < 4.78 is 19.0. The normalized spacial score (nSPS) is 21.2. The van der Waals surface area contributed by atoms with Gasteiger partial charge >= 0.3 is 0 Å². The number of carbonyl (C=O) groups excluding carboxylic acids is 2. The van der Waals surface area contributed by atoms with Crippen molar-refractivity contribution in [2.24, 2.45) is 11.8 Å². The van der Waals surface area contributed by atoms with Crippen molar-refractivity contribution in [3.05, 3.63) is 59.4 Å². The molecule has 30 heavy (non-hydrogen) atoms. The standard InChI is InChI=1S/C24H27FN2O3/c1-15-12-17(8-10-21(15)25)22-11-9-18(14-27(22)24(29)16-6-7-16)23(28)26-19-4-3-5-20(13-19)30-2/h3-5,8,10,12-13,16,18,22H,6-7,9,11,14H2,1-2H3,(H,26,28)/t18-,22-/m1/s1. The fourth-order valence-corrected chi connectivity index (χ4v) is 4.16. The fourth-order valence-electron chi connectivity index (χ4n) is 4.16. The monoisotopic (exact) mass is 410 g/mol. The molecule has 1 saturated heterocycles. The zero-order valence-electron chi connectivity index (χ0n) is 17.4. The summed E-state index contributed by atoms with van der Waals surface area (Å²) in [5.41, 5.74) is 2.19. The number of amides is 2. The van der Waals surface area contributed by atoms with Gasteiger partial charge < -0.3 is 15.0 Å². The number of halogens is 1. The first-order chi connectivity index (χ1) is 14.5. The summed E-state index contributed by atoms with van der Waals surface area (Å²) in [5, 5.41) is 2.96.